The number of hydrogen-bond donors (Lipinski definition) is 1. The van der Waals surface area contributed by atoms with Gasteiger partial charge in [0.05, 0.1) is 4.90 Å². The molecule has 3 rings (SSSR count). The van der Waals surface area contributed by atoms with Crippen LogP contribution in [-0.2, 0) is 16.6 Å². The van der Waals surface area contributed by atoms with Crippen molar-refractivity contribution in [1.29, 1.82) is 0 Å². The van der Waals surface area contributed by atoms with E-state index in [9.17, 15) is 8.42 Å². The Morgan fingerprint density at radius 1 is 1.24 bits per heavy atom. The molecule has 21 heavy (non-hydrogen) atoms. The van der Waals surface area contributed by atoms with Crippen LogP contribution in [0.5, 0.6) is 0 Å². The van der Waals surface area contributed by atoms with Gasteiger partial charge in [-0.05, 0) is 43.7 Å². The van der Waals surface area contributed by atoms with Gasteiger partial charge in [0.2, 0.25) is 10.0 Å². The summed E-state index contributed by atoms with van der Waals surface area (Å²) in [5.74, 6) is 0. The molecule has 1 heterocycles. The number of hydrogen-bond acceptors (Lipinski definition) is 3. The summed E-state index contributed by atoms with van der Waals surface area (Å²) in [6.07, 6.45) is 5.26. The van der Waals surface area contributed by atoms with Crippen molar-refractivity contribution in [1.82, 2.24) is 9.62 Å². The van der Waals surface area contributed by atoms with Crippen LogP contribution in [0.1, 0.15) is 44.6 Å². The van der Waals surface area contributed by atoms with Gasteiger partial charge < -0.3 is 5.32 Å². The van der Waals surface area contributed by atoms with E-state index in [0.29, 0.717) is 24.0 Å². The van der Waals surface area contributed by atoms with Gasteiger partial charge in [-0.1, -0.05) is 25.1 Å². The molecule has 4 nitrogen and oxygen atoms in total. The van der Waals surface area contributed by atoms with Gasteiger partial charge >= 0.3 is 0 Å². The van der Waals surface area contributed by atoms with Crippen LogP contribution in [0.3, 0.4) is 0 Å². The summed E-state index contributed by atoms with van der Waals surface area (Å²) in [4.78, 5) is 0.485. The molecule has 1 N–H and O–H groups in total. The highest BCUT2D eigenvalue weighted by Gasteiger charge is 2.35. The molecule has 116 valence electrons. The highest BCUT2D eigenvalue weighted by atomic mass is 32.2. The van der Waals surface area contributed by atoms with E-state index in [-0.39, 0.29) is 6.04 Å². The van der Waals surface area contributed by atoms with E-state index in [1.165, 1.54) is 12.8 Å². The van der Waals surface area contributed by atoms with E-state index in [4.69, 9.17) is 0 Å². The Bertz CT molecular complexity index is 596. The lowest BCUT2D eigenvalue weighted by atomic mass is 10.2. The van der Waals surface area contributed by atoms with E-state index < -0.39 is 10.0 Å². The first-order valence-electron chi connectivity index (χ1n) is 7.96. The van der Waals surface area contributed by atoms with Crippen molar-refractivity contribution in [2.45, 2.75) is 62.6 Å². The topological polar surface area (TPSA) is 49.4 Å². The first-order chi connectivity index (χ1) is 10.1. The molecular weight excluding hydrogens is 284 g/mol. The predicted octanol–water partition coefficient (Wildman–Crippen LogP) is 2.50. The van der Waals surface area contributed by atoms with Crippen LogP contribution in [0.4, 0.5) is 0 Å². The second-order valence-electron chi connectivity index (χ2n) is 6.08. The van der Waals surface area contributed by atoms with Gasteiger partial charge in [0.15, 0.2) is 0 Å². The first kappa shape index (κ1) is 15.0. The molecule has 1 unspecified atom stereocenters. The zero-order valence-electron chi connectivity index (χ0n) is 12.6. The highest BCUT2D eigenvalue weighted by molar-refractivity contribution is 7.89. The molecule has 2 aliphatic rings. The summed E-state index contributed by atoms with van der Waals surface area (Å²) in [7, 11) is -3.36. The van der Waals surface area contributed by atoms with Crippen LogP contribution in [-0.4, -0.2) is 31.4 Å². The molecule has 0 spiro atoms. The van der Waals surface area contributed by atoms with Crippen molar-refractivity contribution in [2.75, 3.05) is 6.54 Å². The molecule has 1 atom stereocenters. The largest absolute Gasteiger partial charge is 0.310 e. The molecule has 2 fully saturated rings. The van der Waals surface area contributed by atoms with Crippen molar-refractivity contribution < 1.29 is 8.42 Å². The lowest BCUT2D eigenvalue weighted by molar-refractivity contribution is 0.379. The van der Waals surface area contributed by atoms with Gasteiger partial charge in [0, 0.05) is 25.2 Å². The first-order valence-corrected chi connectivity index (χ1v) is 9.40. The smallest absolute Gasteiger partial charge is 0.243 e. The Hall–Kier alpha value is -0.910. The minimum atomic E-state index is -3.36. The monoisotopic (exact) mass is 308 g/mol. The molecule has 1 aromatic rings. The Balaban J connectivity index is 1.87. The molecule has 1 aromatic carbocycles. The summed E-state index contributed by atoms with van der Waals surface area (Å²) >= 11 is 0. The second-order valence-corrected chi connectivity index (χ2v) is 7.94. The van der Waals surface area contributed by atoms with Gasteiger partial charge in [-0.3, -0.25) is 0 Å². The van der Waals surface area contributed by atoms with Gasteiger partial charge in [-0.2, -0.15) is 4.31 Å². The maximum absolute atomic E-state index is 13.0. The third-order valence-electron chi connectivity index (χ3n) is 4.51. The fourth-order valence-corrected chi connectivity index (χ4v) is 5.09. The molecule has 0 bridgehead atoms. The minimum Gasteiger partial charge on any atom is -0.310 e. The van der Waals surface area contributed by atoms with Crippen molar-refractivity contribution in [3.63, 3.8) is 0 Å². The lowest BCUT2D eigenvalue weighted by Gasteiger charge is -2.24. The van der Waals surface area contributed by atoms with E-state index in [1.807, 2.05) is 18.2 Å². The summed E-state index contributed by atoms with van der Waals surface area (Å²) in [6, 6.07) is 8.17. The number of rotatable bonds is 6. The van der Waals surface area contributed by atoms with Crippen LogP contribution in [0.25, 0.3) is 0 Å². The van der Waals surface area contributed by atoms with Crippen molar-refractivity contribution in [3.05, 3.63) is 29.8 Å². The number of nitrogens with one attached hydrogen (secondary N) is 1. The fraction of sp³-hybridized carbons (Fsp3) is 0.625. The van der Waals surface area contributed by atoms with Gasteiger partial charge in [0.1, 0.15) is 0 Å². The molecule has 1 aliphatic heterocycles. The number of nitrogens with zero attached hydrogens (tertiary/aromatic N) is 1. The van der Waals surface area contributed by atoms with Gasteiger partial charge in [-0.25, -0.2) is 8.42 Å². The summed E-state index contributed by atoms with van der Waals surface area (Å²) in [5, 5.41) is 3.42. The summed E-state index contributed by atoms with van der Waals surface area (Å²) < 4.78 is 27.7. The van der Waals surface area contributed by atoms with E-state index >= 15 is 0 Å². The Labute approximate surface area is 127 Å². The maximum atomic E-state index is 13.0. The highest BCUT2D eigenvalue weighted by Crippen LogP contribution is 2.29. The number of sulfonamides is 1. The van der Waals surface area contributed by atoms with Crippen LogP contribution in [0, 0.1) is 0 Å². The van der Waals surface area contributed by atoms with E-state index in [0.717, 1.165) is 24.8 Å². The molecule has 0 radical (unpaired) electrons. The Morgan fingerprint density at radius 3 is 2.71 bits per heavy atom. The van der Waals surface area contributed by atoms with Crippen molar-refractivity contribution in [3.8, 4) is 0 Å². The summed E-state index contributed by atoms with van der Waals surface area (Å²) in [5.41, 5.74) is 0.895. The van der Waals surface area contributed by atoms with Gasteiger partial charge in [0.25, 0.3) is 0 Å². The van der Waals surface area contributed by atoms with Crippen LogP contribution < -0.4 is 5.32 Å². The molecule has 1 aliphatic carbocycles. The molecule has 1 saturated heterocycles. The quantitative estimate of drug-likeness (QED) is 0.878. The third kappa shape index (κ3) is 3.15. The molecular formula is C16H24N2O2S. The van der Waals surface area contributed by atoms with Gasteiger partial charge in [-0.15, -0.1) is 0 Å². The van der Waals surface area contributed by atoms with Crippen LogP contribution in [0.2, 0.25) is 0 Å². The summed E-state index contributed by atoms with van der Waals surface area (Å²) in [6.45, 7) is 3.37. The number of benzene rings is 1. The Morgan fingerprint density at radius 2 is 2.00 bits per heavy atom. The zero-order valence-corrected chi connectivity index (χ0v) is 13.4. The van der Waals surface area contributed by atoms with Crippen molar-refractivity contribution in [2.24, 2.45) is 0 Å². The molecule has 0 amide bonds. The fourth-order valence-electron chi connectivity index (χ4n) is 3.10. The van der Waals surface area contributed by atoms with E-state index in [1.54, 1.807) is 10.4 Å². The SMILES string of the molecule is CCC1CCCN1S(=O)(=O)c1ccccc1CNC1CC1. The minimum absolute atomic E-state index is 0.166. The molecule has 5 heteroatoms. The van der Waals surface area contributed by atoms with E-state index in [2.05, 4.69) is 12.2 Å². The molecule has 1 saturated carbocycles. The average molecular weight is 308 g/mol. The maximum Gasteiger partial charge on any atom is 0.243 e. The standard InChI is InChI=1S/C16H24N2O2S/c1-2-15-7-5-11-18(15)21(19,20)16-8-4-3-6-13(16)12-17-14-9-10-14/h3-4,6,8,14-15,17H,2,5,7,9-12H2,1H3. The normalized spacial score (nSPS) is 23.6. The second kappa shape index (κ2) is 6.07. The Kier molecular flexibility index (Phi) is 4.33. The lowest BCUT2D eigenvalue weighted by Crippen LogP contribution is -2.35. The average Bonchev–Trinajstić information content (AvgIpc) is 3.19. The zero-order chi connectivity index (χ0) is 14.9. The predicted molar refractivity (Wildman–Crippen MR) is 83.5 cm³/mol. The van der Waals surface area contributed by atoms with Crippen LogP contribution in [0.15, 0.2) is 29.2 Å². The van der Waals surface area contributed by atoms with Crippen molar-refractivity contribution >= 4 is 10.0 Å². The molecule has 0 aromatic heterocycles. The third-order valence-corrected chi connectivity index (χ3v) is 6.56. The van der Waals surface area contributed by atoms with Crippen LogP contribution >= 0.6 is 0 Å².